The monoisotopic (exact) mass is 1990 g/mol. The van der Waals surface area contributed by atoms with Gasteiger partial charge in [0.1, 0.15) is 262 Å². The number of carbonyl (C=O) groups excluding carboxylic acids is 5. The maximum Gasteiger partial charge on any atom is 0.217 e. The number of rotatable bonds is 35. The molecule has 136 heavy (non-hydrogen) atoms. The largest absolute Gasteiger partial charge is 0.394 e. The number of hydrogen-bond donors (Lipinski definition) is 34. The molecule has 11 fully saturated rings. The molecule has 0 aromatic rings. The Morgan fingerprint density at radius 1 is 0.206 bits per heavy atom. The van der Waals surface area contributed by atoms with Crippen molar-refractivity contribution in [1.82, 2.24) is 26.6 Å². The van der Waals surface area contributed by atoms with E-state index >= 15 is 0 Å². The summed E-state index contributed by atoms with van der Waals surface area (Å²) in [5, 5.41) is 340. The van der Waals surface area contributed by atoms with Gasteiger partial charge >= 0.3 is 0 Å². The van der Waals surface area contributed by atoms with Crippen LogP contribution in [0, 0.1) is 0 Å². The third-order valence-corrected chi connectivity index (χ3v) is 25.0. The van der Waals surface area contributed by atoms with E-state index in [9.17, 15) is 172 Å². The van der Waals surface area contributed by atoms with Crippen molar-refractivity contribution in [2.45, 2.75) is 379 Å². The minimum Gasteiger partial charge on any atom is -0.394 e. The number of carbonyl (C=O) groups is 5. The van der Waals surface area contributed by atoms with Crippen molar-refractivity contribution in [3.05, 3.63) is 0 Å². The molecule has 11 aliphatic rings. The molecule has 5 amide bonds. The molecule has 0 aromatic carbocycles. The number of amides is 5. The van der Waals surface area contributed by atoms with Crippen molar-refractivity contribution in [3.8, 4) is 0 Å². The highest BCUT2D eigenvalue weighted by Crippen LogP contribution is 2.43. The molecule has 11 rings (SSSR count). The first-order chi connectivity index (χ1) is 64.3. The van der Waals surface area contributed by atoms with Crippen LogP contribution in [-0.2, 0) is 123 Å². The molecule has 0 radical (unpaired) electrons. The van der Waals surface area contributed by atoms with Crippen LogP contribution in [0.15, 0.2) is 0 Å². The van der Waals surface area contributed by atoms with Crippen molar-refractivity contribution in [1.29, 1.82) is 0 Å². The molecule has 0 saturated carbocycles. The molecule has 0 unspecified atom stereocenters. The molecular formula is C76H127N5O55. The highest BCUT2D eigenvalue weighted by molar-refractivity contribution is 5.75. The van der Waals surface area contributed by atoms with Crippen LogP contribution in [0.1, 0.15) is 41.5 Å². The fourth-order valence-corrected chi connectivity index (χ4v) is 17.8. The fourth-order valence-electron chi connectivity index (χ4n) is 17.8. The third-order valence-electron chi connectivity index (χ3n) is 25.0. The van der Waals surface area contributed by atoms with E-state index in [1.54, 1.807) is 0 Å². The zero-order valence-corrected chi connectivity index (χ0v) is 73.4. The van der Waals surface area contributed by atoms with Crippen molar-refractivity contribution in [3.63, 3.8) is 0 Å². The summed E-state index contributed by atoms with van der Waals surface area (Å²) in [5.74, 6) is -4.95. The number of nitrogens with one attached hydrogen (secondary N) is 5. The Bertz CT molecular complexity index is 3760. The van der Waals surface area contributed by atoms with Crippen LogP contribution in [0.25, 0.3) is 0 Å². The predicted octanol–water partition coefficient (Wildman–Crippen LogP) is -23.2. The Morgan fingerprint density at radius 2 is 0.441 bits per heavy atom. The van der Waals surface area contributed by atoms with Gasteiger partial charge in [-0.1, -0.05) is 0 Å². The molecule has 34 N–H and O–H groups in total. The number of hydrogen-bond acceptors (Lipinski definition) is 55. The van der Waals surface area contributed by atoms with Crippen LogP contribution in [0.3, 0.4) is 0 Å². The lowest BCUT2D eigenvalue weighted by atomic mass is 9.93. The van der Waals surface area contributed by atoms with Crippen LogP contribution in [0.4, 0.5) is 0 Å². The Hall–Kier alpha value is -4.65. The lowest BCUT2D eigenvalue weighted by Gasteiger charge is -2.52. The quantitative estimate of drug-likeness (QED) is 0.0280. The minimum atomic E-state index is -2.82. The van der Waals surface area contributed by atoms with Gasteiger partial charge in [0, 0.05) is 34.6 Å². The van der Waals surface area contributed by atoms with E-state index < -0.39 is 433 Å². The molecular weight excluding hydrogens is 1860 g/mol. The summed E-state index contributed by atoms with van der Waals surface area (Å²) in [6.07, 6.45) is -109. The second-order valence-electron chi connectivity index (χ2n) is 34.5. The van der Waals surface area contributed by atoms with Crippen LogP contribution < -0.4 is 26.6 Å². The van der Waals surface area contributed by atoms with Crippen LogP contribution >= 0.6 is 0 Å². The van der Waals surface area contributed by atoms with Gasteiger partial charge in [0.25, 0.3) is 0 Å². The van der Waals surface area contributed by atoms with Gasteiger partial charge in [-0.05, 0) is 6.92 Å². The highest BCUT2D eigenvalue weighted by atomic mass is 16.8. The van der Waals surface area contributed by atoms with E-state index in [1.807, 2.05) is 0 Å². The third kappa shape index (κ3) is 24.6. The first-order valence-corrected chi connectivity index (χ1v) is 43.5. The first-order valence-electron chi connectivity index (χ1n) is 43.5. The smallest absolute Gasteiger partial charge is 0.217 e. The topological polar surface area (TPSA) is 926 Å². The van der Waals surface area contributed by atoms with Gasteiger partial charge in [-0.3, -0.25) is 24.0 Å². The van der Waals surface area contributed by atoms with Gasteiger partial charge < -0.3 is 274 Å². The van der Waals surface area contributed by atoms with E-state index in [4.69, 9.17) is 99.5 Å². The molecule has 60 heteroatoms. The number of aliphatic hydroxyl groups excluding tert-OH is 29. The van der Waals surface area contributed by atoms with E-state index in [0.29, 0.717) is 0 Å². The van der Waals surface area contributed by atoms with Gasteiger partial charge in [0.05, 0.1) is 72.2 Å². The second-order valence-corrected chi connectivity index (χ2v) is 34.5. The molecule has 0 aromatic heterocycles. The molecule has 11 heterocycles. The molecule has 0 aliphatic carbocycles. The average Bonchev–Trinajstić information content (AvgIpc) is 0.757. The van der Waals surface area contributed by atoms with Gasteiger partial charge in [0.15, 0.2) is 69.2 Å². The fraction of sp³-hybridized carbons (Fsp3) is 0.934. The number of ether oxygens (including phenoxy) is 21. The van der Waals surface area contributed by atoms with Gasteiger partial charge in [-0.15, -0.1) is 0 Å². The molecule has 11 saturated heterocycles. The Balaban J connectivity index is 1.01. The summed E-state index contributed by atoms with van der Waals surface area (Å²) in [6.45, 7) is -6.27. The predicted molar refractivity (Wildman–Crippen MR) is 419 cm³/mol. The van der Waals surface area contributed by atoms with Crippen molar-refractivity contribution in [2.24, 2.45) is 0 Å². The zero-order valence-electron chi connectivity index (χ0n) is 73.4. The van der Waals surface area contributed by atoms with Crippen LogP contribution in [0.2, 0.25) is 0 Å². The maximum atomic E-state index is 13.5. The molecule has 60 nitrogen and oxygen atoms in total. The maximum absolute atomic E-state index is 13.5. The molecule has 0 bridgehead atoms. The molecule has 11 aliphatic heterocycles. The van der Waals surface area contributed by atoms with Crippen LogP contribution in [-0.4, -0.2) is 581 Å². The van der Waals surface area contributed by atoms with Gasteiger partial charge in [-0.25, -0.2) is 0 Å². The first kappa shape index (κ1) is 112. The Kier molecular flexibility index (Phi) is 40.1. The van der Waals surface area contributed by atoms with E-state index in [0.717, 1.165) is 34.6 Å². The average molecular weight is 1990 g/mol. The molecule has 55 atom stereocenters. The summed E-state index contributed by atoms with van der Waals surface area (Å²) in [6, 6.07) is -10.0. The van der Waals surface area contributed by atoms with Crippen LogP contribution in [0.5, 0.6) is 0 Å². The van der Waals surface area contributed by atoms with Crippen molar-refractivity contribution >= 4 is 29.5 Å². The van der Waals surface area contributed by atoms with Gasteiger partial charge in [0.2, 0.25) is 29.5 Å². The minimum absolute atomic E-state index is 0.835. The lowest BCUT2D eigenvalue weighted by Crippen LogP contribution is -2.72. The number of aliphatic hydroxyl groups is 29. The summed E-state index contributed by atoms with van der Waals surface area (Å²) in [4.78, 5) is 65.5. The van der Waals surface area contributed by atoms with E-state index in [-0.39, 0.29) is 0 Å². The SMILES string of the molecule is CC(=O)N[C@@H]1[C@@H](O)[C@H](O[C@@H]2O[C@H](CO)[C@@H](O[C@@H]3O[C@H](CO[C@H]4O[C@H](CO)[C@@H](O)[C@H](O)[C@@H]4O[C@@H]4O[C@H](CO)[C@@H](O[C@@H]5O[C@H](CO)[C@H](O)[C@H](O)[C@H]5O)[C@H](O)[C@H]4NC(C)=O)[C@@H](O[C@@H]4O[C@H](CO)[C@@H](O)[C@H](O)[C@H]4NC(C)=O)[C@H](O[C@H]4O[C@H](CO)[C@@H](O)[C@H](O)[C@@H]4O[C@@H]4O[C@H](CO)[C@@H](O[C@@H]5O[C@H](CO)[C@H](O)[C@H](O)[C@H]5O[C@@H]5O[C@@H](C)[C@@H](O)[C@@H](O)[C@@H]5O)[C@H](O)[C@H]4NC(C)=O)[C@@H]3O)[C@H](O)[C@H]2NC(C)=O)[C@@H](CO)O[C@H]1O. The Morgan fingerprint density at radius 3 is 0.816 bits per heavy atom. The van der Waals surface area contributed by atoms with E-state index in [2.05, 4.69) is 26.6 Å². The van der Waals surface area contributed by atoms with Gasteiger partial charge in [-0.2, -0.15) is 0 Å². The zero-order chi connectivity index (χ0) is 100. The normalized spacial score (nSPS) is 49.2. The standard InChI is InChI=1S/C76H127N5O55/c1-17-38(96)49(107)54(112)71(117-17)136-65-53(111)43(101)26(10-85)122-75(65)131-60-31(15-90)126-70(37(48(60)106)81-22(6)95)135-64-52(110)42(100)27(11-86)123-76(64)133-62-56(114)73(130-59-30(14-89)124-68(35(46(59)104)79-20(4)93)128-57-28(12-87)118-66(115)33(45(57)103)77-18(2)91)127-32(61(62)132-67-34(78-19(3)92)44(102)39(97)23(7-82)119-67)16-116-74-63(51(109)41(99)25(9-84)121-74)134-69-36(80-21(5)94)47(105)58(29(13-88)125-69)129-72-55(113)50(108)40(98)24(8-83)120-72/h17,23-76,82-90,96-115H,7-16H2,1-6H3,(H,77,91)(H,78,92)(H,79,93)(H,80,94)(H,81,95)/t17-,23+,24+,25+,26+,27+,28+,29+,30+,31+,32+,33+,34+,35+,36+,37+,38+,39+,40-,41+,42+,43-,44+,45+,46+,47+,48+,49+,50-,51-,52-,53-,54-,55+,56-,57+,58+,59+,60+,61+,62+,63-,64-,65+,66+,67-,68-,69-,70-,71-,72-,73-,74-,75-,76+/m0/s1. The Labute approximate surface area is 770 Å². The summed E-state index contributed by atoms with van der Waals surface area (Å²) >= 11 is 0. The van der Waals surface area contributed by atoms with E-state index in [1.165, 1.54) is 6.92 Å². The highest BCUT2D eigenvalue weighted by Gasteiger charge is 2.64. The van der Waals surface area contributed by atoms with Crippen molar-refractivity contribution in [2.75, 3.05) is 66.1 Å². The summed E-state index contributed by atoms with van der Waals surface area (Å²) in [5.41, 5.74) is 0. The molecule has 0 spiro atoms. The van der Waals surface area contributed by atoms with Crippen molar-refractivity contribution < 1.29 is 272 Å². The lowest BCUT2D eigenvalue weighted by molar-refractivity contribution is -0.410. The second kappa shape index (κ2) is 48.8. The molecule has 786 valence electrons. The summed E-state index contributed by atoms with van der Waals surface area (Å²) < 4.78 is 128. The summed E-state index contributed by atoms with van der Waals surface area (Å²) in [7, 11) is 0.